The van der Waals surface area contributed by atoms with E-state index >= 15 is 0 Å². The molecule has 1 aliphatic heterocycles. The van der Waals surface area contributed by atoms with Gasteiger partial charge in [0.2, 0.25) is 0 Å². The van der Waals surface area contributed by atoms with Gasteiger partial charge < -0.3 is 14.7 Å². The van der Waals surface area contributed by atoms with Crippen molar-refractivity contribution in [3.05, 3.63) is 77.4 Å². The minimum atomic E-state index is -0.0639. The maximum absolute atomic E-state index is 5.72. The molecule has 0 spiro atoms. The highest BCUT2D eigenvalue weighted by atomic mass is 16.5. The molecule has 4 rings (SSSR count). The van der Waals surface area contributed by atoms with Crippen LogP contribution in [0.3, 0.4) is 0 Å². The largest absolute Gasteiger partial charge is 0.355 e. The summed E-state index contributed by atoms with van der Waals surface area (Å²) in [5.74, 6) is 1.40. The molecule has 2 unspecified atom stereocenters. The van der Waals surface area contributed by atoms with Crippen LogP contribution < -0.4 is 10.2 Å². The number of hydrogen-bond acceptors (Lipinski definition) is 5. The Morgan fingerprint density at radius 2 is 1.88 bits per heavy atom. The van der Waals surface area contributed by atoms with Gasteiger partial charge in [-0.25, -0.2) is 0 Å². The topological polar surface area (TPSA) is 54.2 Å². The Morgan fingerprint density at radius 1 is 1.12 bits per heavy atom. The van der Waals surface area contributed by atoms with Crippen molar-refractivity contribution in [1.29, 1.82) is 0 Å². The number of hydrogen-bond donors (Lipinski definition) is 1. The van der Waals surface area contributed by atoms with E-state index < -0.39 is 0 Å². The number of fused-ring (bicyclic) bond motifs is 1. The predicted octanol–water partition coefficient (Wildman–Crippen LogP) is 3.37. The Bertz CT molecular complexity index is 861. The molecule has 2 atom stereocenters. The van der Waals surface area contributed by atoms with Crippen molar-refractivity contribution in [2.75, 3.05) is 18.5 Å². The maximum atomic E-state index is 5.72. The minimum Gasteiger partial charge on any atom is -0.355 e. The van der Waals surface area contributed by atoms with E-state index in [4.69, 9.17) is 9.51 Å². The highest BCUT2D eigenvalue weighted by Gasteiger charge is 2.32. The molecule has 134 valence electrons. The Kier molecular flexibility index (Phi) is 4.71. The summed E-state index contributed by atoms with van der Waals surface area (Å²) >= 11 is 0. The molecule has 0 aliphatic carbocycles. The van der Waals surface area contributed by atoms with E-state index in [9.17, 15) is 0 Å². The molecule has 0 radical (unpaired) electrons. The lowest BCUT2D eigenvalue weighted by Gasteiger charge is -2.28. The molecule has 0 saturated heterocycles. The third-order valence-electron chi connectivity index (χ3n) is 5.05. The minimum absolute atomic E-state index is 0.0639. The van der Waals surface area contributed by atoms with Crippen LogP contribution in [0.5, 0.6) is 0 Å². The van der Waals surface area contributed by atoms with E-state index in [0.29, 0.717) is 11.9 Å². The zero-order chi connectivity index (χ0) is 17.9. The van der Waals surface area contributed by atoms with Crippen molar-refractivity contribution in [3.8, 4) is 0 Å². The highest BCUT2D eigenvalue weighted by Crippen LogP contribution is 2.37. The van der Waals surface area contributed by atoms with E-state index in [-0.39, 0.29) is 6.04 Å². The fraction of sp³-hybridized carbons (Fsp3) is 0.333. The Morgan fingerprint density at radius 3 is 2.69 bits per heavy atom. The Balaban J connectivity index is 1.71. The first-order valence-electron chi connectivity index (χ1n) is 9.15. The lowest BCUT2D eigenvalue weighted by molar-refractivity contribution is 0.356. The quantitative estimate of drug-likeness (QED) is 0.740. The molecule has 0 bridgehead atoms. The molecule has 1 aromatic heterocycles. The number of benzene rings is 2. The predicted molar refractivity (Wildman–Crippen MR) is 102 cm³/mol. The van der Waals surface area contributed by atoms with Gasteiger partial charge in [0.1, 0.15) is 6.04 Å². The fourth-order valence-electron chi connectivity index (χ4n) is 3.56. The van der Waals surface area contributed by atoms with Crippen LogP contribution in [0.25, 0.3) is 0 Å². The average molecular weight is 348 g/mol. The first-order chi connectivity index (χ1) is 12.8. The normalized spacial score (nSPS) is 15.7. The van der Waals surface area contributed by atoms with Gasteiger partial charge in [-0.15, -0.1) is 0 Å². The summed E-state index contributed by atoms with van der Waals surface area (Å²) in [7, 11) is 1.94. The summed E-state index contributed by atoms with van der Waals surface area (Å²) in [6.45, 7) is 3.06. The molecule has 3 aromatic rings. The monoisotopic (exact) mass is 348 g/mol. The van der Waals surface area contributed by atoms with Crippen LogP contribution >= 0.6 is 0 Å². The number of para-hydroxylation sites is 1. The van der Waals surface area contributed by atoms with Gasteiger partial charge in [0.25, 0.3) is 5.89 Å². The summed E-state index contributed by atoms with van der Waals surface area (Å²) in [6, 6.07) is 19.2. The number of anilines is 1. The van der Waals surface area contributed by atoms with Gasteiger partial charge in [0.15, 0.2) is 5.82 Å². The Hall–Kier alpha value is -2.66. The number of likely N-dealkylation sites (N-methyl/N-ethyl adjacent to an activating group) is 1. The number of rotatable bonds is 6. The van der Waals surface area contributed by atoms with Gasteiger partial charge in [0.05, 0.1) is 0 Å². The SMILES string of the molecule is CNC(C)Cc1noc(C(c2ccccc2)N2CCc3ccccc32)n1. The third-order valence-corrected chi connectivity index (χ3v) is 5.05. The summed E-state index contributed by atoms with van der Waals surface area (Å²) in [5.41, 5.74) is 3.79. The van der Waals surface area contributed by atoms with Gasteiger partial charge in [0, 0.05) is 24.7 Å². The standard InChI is InChI=1S/C21H24N4O/c1-15(22-2)14-19-23-21(26-24-19)20(17-9-4-3-5-10-17)25-13-12-16-8-6-7-11-18(16)25/h3-11,15,20,22H,12-14H2,1-2H3. The molecule has 0 fully saturated rings. The first kappa shape index (κ1) is 16.8. The van der Waals surface area contributed by atoms with Gasteiger partial charge >= 0.3 is 0 Å². The van der Waals surface area contributed by atoms with E-state index in [0.717, 1.165) is 25.2 Å². The molecule has 0 amide bonds. The van der Waals surface area contributed by atoms with Crippen molar-refractivity contribution < 1.29 is 4.52 Å². The zero-order valence-corrected chi connectivity index (χ0v) is 15.2. The van der Waals surface area contributed by atoms with Crippen LogP contribution in [-0.4, -0.2) is 29.8 Å². The lowest BCUT2D eigenvalue weighted by atomic mass is 10.0. The summed E-state index contributed by atoms with van der Waals surface area (Å²) < 4.78 is 5.72. The Labute approximate surface area is 154 Å². The zero-order valence-electron chi connectivity index (χ0n) is 15.2. The summed E-state index contributed by atoms with van der Waals surface area (Å²) in [6.07, 6.45) is 1.79. The second-order valence-electron chi connectivity index (χ2n) is 6.83. The second kappa shape index (κ2) is 7.30. The van der Waals surface area contributed by atoms with Gasteiger partial charge in [-0.3, -0.25) is 0 Å². The smallest absolute Gasteiger partial charge is 0.254 e. The average Bonchev–Trinajstić information content (AvgIpc) is 3.31. The van der Waals surface area contributed by atoms with E-state index in [2.05, 4.69) is 70.8 Å². The molecule has 5 heteroatoms. The second-order valence-corrected chi connectivity index (χ2v) is 6.83. The van der Waals surface area contributed by atoms with Gasteiger partial charge in [-0.2, -0.15) is 4.98 Å². The molecule has 0 saturated carbocycles. The first-order valence-corrected chi connectivity index (χ1v) is 9.15. The number of aromatic nitrogens is 2. The van der Waals surface area contributed by atoms with Crippen LogP contribution in [0.2, 0.25) is 0 Å². The molecular formula is C21H24N4O. The maximum Gasteiger partial charge on any atom is 0.254 e. The van der Waals surface area contributed by atoms with Crippen molar-refractivity contribution in [1.82, 2.24) is 15.5 Å². The molecule has 1 N–H and O–H groups in total. The van der Waals surface area contributed by atoms with Crippen molar-refractivity contribution in [3.63, 3.8) is 0 Å². The van der Waals surface area contributed by atoms with E-state index in [1.165, 1.54) is 16.8 Å². The van der Waals surface area contributed by atoms with Crippen LogP contribution in [0.1, 0.15) is 35.8 Å². The highest BCUT2D eigenvalue weighted by molar-refractivity contribution is 5.60. The molecule has 2 aromatic carbocycles. The molecule has 2 heterocycles. The molecule has 26 heavy (non-hydrogen) atoms. The number of nitrogens with one attached hydrogen (secondary N) is 1. The molecule has 5 nitrogen and oxygen atoms in total. The van der Waals surface area contributed by atoms with Crippen LogP contribution in [0.4, 0.5) is 5.69 Å². The summed E-state index contributed by atoms with van der Waals surface area (Å²) in [4.78, 5) is 7.11. The molecule has 1 aliphatic rings. The van der Waals surface area contributed by atoms with Crippen molar-refractivity contribution in [2.45, 2.75) is 31.8 Å². The third kappa shape index (κ3) is 3.22. The summed E-state index contributed by atoms with van der Waals surface area (Å²) in [5, 5.41) is 7.44. The lowest BCUT2D eigenvalue weighted by Crippen LogP contribution is -2.28. The van der Waals surface area contributed by atoms with Gasteiger partial charge in [-0.05, 0) is 37.6 Å². The van der Waals surface area contributed by atoms with Gasteiger partial charge in [-0.1, -0.05) is 53.7 Å². The van der Waals surface area contributed by atoms with Crippen LogP contribution in [0.15, 0.2) is 59.1 Å². The van der Waals surface area contributed by atoms with Crippen molar-refractivity contribution >= 4 is 5.69 Å². The molecular weight excluding hydrogens is 324 g/mol. The van der Waals surface area contributed by atoms with Crippen LogP contribution in [0, 0.1) is 0 Å². The van der Waals surface area contributed by atoms with E-state index in [1.54, 1.807) is 0 Å². The van der Waals surface area contributed by atoms with E-state index in [1.807, 2.05) is 13.1 Å². The van der Waals surface area contributed by atoms with Crippen molar-refractivity contribution in [2.24, 2.45) is 0 Å². The van der Waals surface area contributed by atoms with Crippen LogP contribution in [-0.2, 0) is 12.8 Å². The fourth-order valence-corrected chi connectivity index (χ4v) is 3.56. The number of nitrogens with zero attached hydrogens (tertiary/aromatic N) is 3.